The highest BCUT2D eigenvalue weighted by Gasteiger charge is 2.34. The van der Waals surface area contributed by atoms with Gasteiger partial charge in [0.1, 0.15) is 0 Å². The Morgan fingerprint density at radius 3 is 2.62 bits per heavy atom. The smallest absolute Gasteiger partial charge is 0.240 e. The van der Waals surface area contributed by atoms with Gasteiger partial charge in [-0.15, -0.1) is 12.4 Å². The summed E-state index contributed by atoms with van der Waals surface area (Å²) in [5.41, 5.74) is 0.448. The van der Waals surface area contributed by atoms with E-state index in [0.29, 0.717) is 18.6 Å². The first-order valence-corrected chi connectivity index (χ1v) is 11.5. The summed E-state index contributed by atoms with van der Waals surface area (Å²) < 4.78 is 57.4. The van der Waals surface area contributed by atoms with Crippen LogP contribution in [0.25, 0.3) is 0 Å². The van der Waals surface area contributed by atoms with Crippen LogP contribution in [0, 0.1) is 5.41 Å². The summed E-state index contributed by atoms with van der Waals surface area (Å²) in [6.07, 6.45) is 2.08. The molecule has 0 atom stereocenters. The molecule has 0 amide bonds. The van der Waals surface area contributed by atoms with Crippen LogP contribution in [0.4, 0.5) is 0 Å². The largest absolute Gasteiger partial charge is 0.384 e. The van der Waals surface area contributed by atoms with Crippen LogP contribution in [0.5, 0.6) is 0 Å². The maximum Gasteiger partial charge on any atom is 0.240 e. The molecule has 0 unspecified atom stereocenters. The molecule has 0 aromatic heterocycles. The molecule has 3 rings (SSSR count). The van der Waals surface area contributed by atoms with Crippen LogP contribution in [-0.2, 0) is 31.0 Å². The molecule has 1 saturated heterocycles. The molecule has 0 aliphatic carbocycles. The molecule has 0 radical (unpaired) electrons. The number of benzene rings is 1. The highest BCUT2D eigenvalue weighted by atomic mass is 35.5. The number of halogens is 1. The van der Waals surface area contributed by atoms with E-state index in [0.717, 1.165) is 25.9 Å². The summed E-state index contributed by atoms with van der Waals surface area (Å²) in [4.78, 5) is 0.141. The Labute approximate surface area is 161 Å². The third kappa shape index (κ3) is 4.40. The molecule has 7 nitrogen and oxygen atoms in total. The second-order valence-corrected chi connectivity index (χ2v) is 10.7. The summed E-state index contributed by atoms with van der Waals surface area (Å²) in [6, 6.07) is 4.36. The maximum absolute atomic E-state index is 12.7. The molecule has 2 N–H and O–H groups in total. The lowest BCUT2D eigenvalue weighted by Gasteiger charge is -2.37. The van der Waals surface area contributed by atoms with Crippen molar-refractivity contribution in [2.24, 2.45) is 5.41 Å². The average Bonchev–Trinajstić information content (AvgIpc) is 2.89. The van der Waals surface area contributed by atoms with E-state index >= 15 is 0 Å². The molecule has 1 fully saturated rings. The topological polar surface area (TPSA) is 102 Å². The fraction of sp³-hybridized carbons (Fsp3) is 0.625. The van der Waals surface area contributed by atoms with Crippen LogP contribution in [-0.4, -0.2) is 55.9 Å². The van der Waals surface area contributed by atoms with E-state index in [-0.39, 0.29) is 39.9 Å². The fourth-order valence-corrected chi connectivity index (χ4v) is 6.36. The van der Waals surface area contributed by atoms with Crippen LogP contribution in [0.3, 0.4) is 0 Å². The van der Waals surface area contributed by atoms with E-state index in [2.05, 4.69) is 10.0 Å². The molecule has 2 aliphatic heterocycles. The SMILES string of the molecule is COCC1(CNS(=O)(=O)c2ccc3c(c2)S(=O)(=O)CC3)CCNCC1.Cl. The monoisotopic (exact) mass is 424 g/mol. The van der Waals surface area contributed by atoms with E-state index in [1.807, 2.05) is 0 Å². The zero-order chi connectivity index (χ0) is 18.1. The summed E-state index contributed by atoms with van der Waals surface area (Å²) in [5, 5.41) is 3.26. The van der Waals surface area contributed by atoms with Crippen molar-refractivity contribution in [2.45, 2.75) is 29.1 Å². The summed E-state index contributed by atoms with van der Waals surface area (Å²) in [7, 11) is -5.53. The van der Waals surface area contributed by atoms with Crippen molar-refractivity contribution in [1.29, 1.82) is 0 Å². The zero-order valence-electron chi connectivity index (χ0n) is 14.7. The van der Waals surface area contributed by atoms with Gasteiger partial charge in [0.15, 0.2) is 9.84 Å². The fourth-order valence-electron chi connectivity index (χ4n) is 3.52. The van der Waals surface area contributed by atoms with E-state index in [1.54, 1.807) is 13.2 Å². The number of piperidine rings is 1. The Balaban J connectivity index is 0.00000243. The van der Waals surface area contributed by atoms with Crippen molar-refractivity contribution in [3.05, 3.63) is 23.8 Å². The van der Waals surface area contributed by atoms with Crippen LogP contribution in [0.1, 0.15) is 18.4 Å². The average molecular weight is 425 g/mol. The minimum Gasteiger partial charge on any atom is -0.384 e. The van der Waals surface area contributed by atoms with Gasteiger partial charge in [0.05, 0.1) is 22.2 Å². The lowest BCUT2D eigenvalue weighted by molar-refractivity contribution is 0.0577. The van der Waals surface area contributed by atoms with Crippen molar-refractivity contribution in [1.82, 2.24) is 10.0 Å². The highest BCUT2D eigenvalue weighted by molar-refractivity contribution is 7.92. The van der Waals surface area contributed by atoms with Crippen molar-refractivity contribution < 1.29 is 21.6 Å². The Morgan fingerprint density at radius 2 is 1.96 bits per heavy atom. The Bertz CT molecular complexity index is 844. The van der Waals surface area contributed by atoms with Gasteiger partial charge in [-0.3, -0.25) is 0 Å². The van der Waals surface area contributed by atoms with E-state index in [9.17, 15) is 16.8 Å². The molecule has 0 spiro atoms. The predicted molar refractivity (Wildman–Crippen MR) is 101 cm³/mol. The number of hydrogen-bond donors (Lipinski definition) is 2. The zero-order valence-corrected chi connectivity index (χ0v) is 17.1. The molecule has 148 valence electrons. The number of fused-ring (bicyclic) bond motifs is 1. The van der Waals surface area contributed by atoms with E-state index < -0.39 is 19.9 Å². The lowest BCUT2D eigenvalue weighted by atomic mass is 9.80. The van der Waals surface area contributed by atoms with Gasteiger partial charge in [-0.25, -0.2) is 21.6 Å². The molecule has 10 heteroatoms. The third-order valence-corrected chi connectivity index (χ3v) is 8.27. The first-order chi connectivity index (χ1) is 11.8. The third-order valence-electron chi connectivity index (χ3n) is 5.08. The van der Waals surface area contributed by atoms with Gasteiger partial charge in [-0.2, -0.15) is 0 Å². The van der Waals surface area contributed by atoms with E-state index in [1.165, 1.54) is 12.1 Å². The van der Waals surface area contributed by atoms with Gasteiger partial charge in [-0.05, 0) is 50.0 Å². The van der Waals surface area contributed by atoms with Crippen LogP contribution in [0.2, 0.25) is 0 Å². The highest BCUT2D eigenvalue weighted by Crippen LogP contribution is 2.30. The van der Waals surface area contributed by atoms with E-state index in [4.69, 9.17) is 4.74 Å². The standard InChI is InChI=1S/C16H24N2O5S2.ClH/c1-23-12-16(5-7-17-8-6-16)11-18-25(21,22)14-3-2-13-4-9-24(19,20)15(13)10-14;/h2-3,10,17-18H,4-9,11-12H2,1H3;1H. The number of hydrogen-bond acceptors (Lipinski definition) is 6. The number of sulfonamides is 1. The molecule has 2 aliphatic rings. The number of nitrogens with one attached hydrogen (secondary N) is 2. The van der Waals surface area contributed by atoms with Gasteiger partial charge in [0.25, 0.3) is 0 Å². The molecule has 26 heavy (non-hydrogen) atoms. The Morgan fingerprint density at radius 1 is 1.27 bits per heavy atom. The second kappa shape index (κ2) is 8.12. The van der Waals surface area contributed by atoms with Gasteiger partial charge in [-0.1, -0.05) is 6.07 Å². The minimum absolute atomic E-state index is 0. The number of methoxy groups -OCH3 is 1. The molecular formula is C16H25ClN2O5S2. The summed E-state index contributed by atoms with van der Waals surface area (Å²) >= 11 is 0. The molecule has 0 bridgehead atoms. The lowest BCUT2D eigenvalue weighted by Crippen LogP contribution is -2.47. The van der Waals surface area contributed by atoms with Crippen molar-refractivity contribution >= 4 is 32.3 Å². The number of aryl methyl sites for hydroxylation is 1. The van der Waals surface area contributed by atoms with Crippen molar-refractivity contribution in [3.63, 3.8) is 0 Å². The number of ether oxygens (including phenoxy) is 1. The van der Waals surface area contributed by atoms with Crippen LogP contribution < -0.4 is 10.0 Å². The van der Waals surface area contributed by atoms with Gasteiger partial charge in [0.2, 0.25) is 10.0 Å². The normalized spacial score (nSPS) is 21.0. The summed E-state index contributed by atoms with van der Waals surface area (Å²) in [6.45, 7) is 2.40. The molecule has 0 saturated carbocycles. The number of rotatable bonds is 6. The van der Waals surface area contributed by atoms with Gasteiger partial charge < -0.3 is 10.1 Å². The molecule has 1 aromatic rings. The molecule has 1 aromatic carbocycles. The van der Waals surface area contributed by atoms with Crippen molar-refractivity contribution in [3.8, 4) is 0 Å². The Hall–Kier alpha value is -0.710. The first kappa shape index (κ1) is 21.6. The first-order valence-electron chi connectivity index (χ1n) is 8.33. The van der Waals surface area contributed by atoms with Crippen LogP contribution in [0.15, 0.2) is 28.0 Å². The summed E-state index contributed by atoms with van der Waals surface area (Å²) in [5.74, 6) is 0.0449. The quantitative estimate of drug-likeness (QED) is 0.698. The molecular weight excluding hydrogens is 400 g/mol. The predicted octanol–water partition coefficient (Wildman–Crippen LogP) is 0.733. The van der Waals surface area contributed by atoms with Crippen LogP contribution >= 0.6 is 12.4 Å². The Kier molecular flexibility index (Phi) is 6.74. The minimum atomic E-state index is -3.78. The molecule has 2 heterocycles. The number of sulfone groups is 1. The van der Waals surface area contributed by atoms with Crippen molar-refractivity contribution in [2.75, 3.05) is 39.1 Å². The van der Waals surface area contributed by atoms with Gasteiger partial charge >= 0.3 is 0 Å². The van der Waals surface area contributed by atoms with Gasteiger partial charge in [0, 0.05) is 19.1 Å². The maximum atomic E-state index is 12.7. The second-order valence-electron chi connectivity index (χ2n) is 6.85.